The van der Waals surface area contributed by atoms with Crippen molar-refractivity contribution in [2.45, 2.75) is 19.9 Å². The van der Waals surface area contributed by atoms with E-state index in [4.69, 9.17) is 5.73 Å². The first-order chi connectivity index (χ1) is 8.04. The summed E-state index contributed by atoms with van der Waals surface area (Å²) in [4.78, 5) is 14.3. The Bertz CT molecular complexity index is 447. The Labute approximate surface area is 99.8 Å². The summed E-state index contributed by atoms with van der Waals surface area (Å²) in [7, 11) is 0. The Morgan fingerprint density at radius 2 is 2.00 bits per heavy atom. The average Bonchev–Trinajstić information content (AvgIpc) is 2.30. The molecule has 0 heterocycles. The van der Waals surface area contributed by atoms with E-state index in [9.17, 15) is 10.1 Å². The van der Waals surface area contributed by atoms with Gasteiger partial charge in [-0.05, 0) is 31.5 Å². The Morgan fingerprint density at radius 3 is 2.41 bits per heavy atom. The van der Waals surface area contributed by atoms with Crippen LogP contribution in [0.15, 0.2) is 35.5 Å². The molecule has 90 valence electrons. The third-order valence-corrected chi connectivity index (χ3v) is 2.10. The van der Waals surface area contributed by atoms with Crippen molar-refractivity contribution in [1.82, 2.24) is 0 Å². The number of hydrogen-bond acceptors (Lipinski definition) is 4. The second kappa shape index (κ2) is 5.79. The zero-order valence-electron chi connectivity index (χ0n) is 9.83. The maximum Gasteiger partial charge on any atom is 0.269 e. The van der Waals surface area contributed by atoms with Crippen molar-refractivity contribution in [3.05, 3.63) is 46.1 Å². The van der Waals surface area contributed by atoms with Crippen molar-refractivity contribution in [3.63, 3.8) is 0 Å². The molecule has 0 atom stereocenters. The van der Waals surface area contributed by atoms with Gasteiger partial charge >= 0.3 is 0 Å². The van der Waals surface area contributed by atoms with Crippen LogP contribution in [0, 0.1) is 10.1 Å². The predicted octanol–water partition coefficient (Wildman–Crippen LogP) is 2.37. The molecule has 0 aliphatic heterocycles. The van der Waals surface area contributed by atoms with Gasteiger partial charge in [0.15, 0.2) is 0 Å². The lowest BCUT2D eigenvalue weighted by molar-refractivity contribution is -0.384. The largest absolute Gasteiger partial charge is 0.404 e. The lowest BCUT2D eigenvalue weighted by atomic mass is 10.1. The summed E-state index contributed by atoms with van der Waals surface area (Å²) in [5.74, 6) is 0. The quantitative estimate of drug-likeness (QED) is 0.492. The number of allylic oxidation sites excluding steroid dienone is 1. The Kier molecular flexibility index (Phi) is 4.39. The fourth-order valence-electron chi connectivity index (χ4n) is 1.22. The van der Waals surface area contributed by atoms with Crippen LogP contribution in [-0.2, 0) is 0 Å². The van der Waals surface area contributed by atoms with Crippen LogP contribution in [-0.4, -0.2) is 17.2 Å². The topological polar surface area (TPSA) is 81.5 Å². The minimum atomic E-state index is -0.433. The van der Waals surface area contributed by atoms with Crippen molar-refractivity contribution in [3.8, 4) is 0 Å². The van der Waals surface area contributed by atoms with Gasteiger partial charge in [-0.15, -0.1) is 0 Å². The van der Waals surface area contributed by atoms with Gasteiger partial charge < -0.3 is 5.73 Å². The number of aliphatic imine (C=N–C) groups is 1. The maximum absolute atomic E-state index is 10.5. The Balaban J connectivity index is 2.95. The molecule has 1 aromatic rings. The van der Waals surface area contributed by atoms with Crippen LogP contribution in [0.4, 0.5) is 5.69 Å². The van der Waals surface area contributed by atoms with Crippen molar-refractivity contribution < 1.29 is 4.92 Å². The highest BCUT2D eigenvalue weighted by Gasteiger charge is 2.05. The number of nitrogens with zero attached hydrogens (tertiary/aromatic N) is 2. The molecule has 0 saturated heterocycles. The van der Waals surface area contributed by atoms with E-state index >= 15 is 0 Å². The van der Waals surface area contributed by atoms with Crippen molar-refractivity contribution in [1.29, 1.82) is 0 Å². The van der Waals surface area contributed by atoms with E-state index in [1.165, 1.54) is 18.3 Å². The highest BCUT2D eigenvalue weighted by Crippen LogP contribution is 2.17. The second-order valence-electron chi connectivity index (χ2n) is 3.80. The molecule has 17 heavy (non-hydrogen) atoms. The molecule has 0 saturated carbocycles. The zero-order valence-corrected chi connectivity index (χ0v) is 9.83. The summed E-state index contributed by atoms with van der Waals surface area (Å²) < 4.78 is 0. The normalized spacial score (nSPS) is 12.3. The van der Waals surface area contributed by atoms with E-state index in [0.717, 1.165) is 11.1 Å². The summed E-state index contributed by atoms with van der Waals surface area (Å²) >= 11 is 0. The van der Waals surface area contributed by atoms with Gasteiger partial charge in [0.05, 0.1) is 4.92 Å². The molecule has 0 fully saturated rings. The van der Waals surface area contributed by atoms with E-state index in [2.05, 4.69) is 4.99 Å². The van der Waals surface area contributed by atoms with Crippen LogP contribution in [0.3, 0.4) is 0 Å². The molecule has 0 radical (unpaired) electrons. The van der Waals surface area contributed by atoms with Crippen LogP contribution >= 0.6 is 0 Å². The molecule has 0 unspecified atom stereocenters. The van der Waals surface area contributed by atoms with Gasteiger partial charge in [-0.1, -0.05) is 0 Å². The highest BCUT2D eigenvalue weighted by molar-refractivity contribution is 6.09. The van der Waals surface area contributed by atoms with Crippen molar-refractivity contribution >= 4 is 17.5 Å². The van der Waals surface area contributed by atoms with Crippen LogP contribution in [0.1, 0.15) is 19.4 Å². The summed E-state index contributed by atoms with van der Waals surface area (Å²) in [6.07, 6.45) is 3.11. The smallest absolute Gasteiger partial charge is 0.269 e. The van der Waals surface area contributed by atoms with Crippen LogP contribution in [0.2, 0.25) is 0 Å². The lowest BCUT2D eigenvalue weighted by Gasteiger charge is -2.02. The number of benzene rings is 1. The summed E-state index contributed by atoms with van der Waals surface area (Å²) in [6, 6.07) is 6.39. The summed E-state index contributed by atoms with van der Waals surface area (Å²) in [5.41, 5.74) is 7.11. The lowest BCUT2D eigenvalue weighted by Crippen LogP contribution is -1.95. The van der Waals surface area contributed by atoms with Crippen LogP contribution < -0.4 is 5.73 Å². The standard InChI is InChI=1S/C12H15N3O2/c1-9(2)14-8-11(7-13)10-3-5-12(6-4-10)15(16)17/h3-9H,13H2,1-2H3/b11-7+,14-8?. The summed E-state index contributed by atoms with van der Waals surface area (Å²) in [6.45, 7) is 3.92. The Morgan fingerprint density at radius 1 is 1.41 bits per heavy atom. The first-order valence-electron chi connectivity index (χ1n) is 5.24. The SMILES string of the molecule is CC(C)N=C/C(=C\N)c1ccc([N+](=O)[O-])cc1. The molecular weight excluding hydrogens is 218 g/mol. The predicted molar refractivity (Wildman–Crippen MR) is 68.9 cm³/mol. The van der Waals surface area contributed by atoms with E-state index in [0.29, 0.717) is 0 Å². The van der Waals surface area contributed by atoms with Gasteiger partial charge in [-0.2, -0.15) is 0 Å². The van der Waals surface area contributed by atoms with Crippen LogP contribution in [0.25, 0.3) is 5.57 Å². The first-order valence-corrected chi connectivity index (χ1v) is 5.24. The van der Waals surface area contributed by atoms with Gasteiger partial charge in [-0.25, -0.2) is 0 Å². The molecule has 2 N–H and O–H groups in total. The minimum absolute atomic E-state index is 0.0610. The van der Waals surface area contributed by atoms with Gasteiger partial charge in [0, 0.05) is 36.2 Å². The number of nitrogens with two attached hydrogens (primary N) is 1. The number of rotatable bonds is 4. The zero-order chi connectivity index (χ0) is 12.8. The minimum Gasteiger partial charge on any atom is -0.404 e. The van der Waals surface area contributed by atoms with Gasteiger partial charge in [0.1, 0.15) is 0 Å². The highest BCUT2D eigenvalue weighted by atomic mass is 16.6. The van der Waals surface area contributed by atoms with Gasteiger partial charge in [-0.3, -0.25) is 15.1 Å². The molecule has 0 spiro atoms. The number of non-ortho nitro benzene ring substituents is 1. The molecule has 0 aromatic heterocycles. The monoisotopic (exact) mass is 233 g/mol. The van der Waals surface area contributed by atoms with E-state index < -0.39 is 4.92 Å². The molecule has 0 amide bonds. The van der Waals surface area contributed by atoms with Crippen molar-refractivity contribution in [2.24, 2.45) is 10.7 Å². The molecule has 0 aliphatic rings. The molecule has 1 rings (SSSR count). The number of nitro groups is 1. The van der Waals surface area contributed by atoms with E-state index in [-0.39, 0.29) is 11.7 Å². The van der Waals surface area contributed by atoms with E-state index in [1.54, 1.807) is 18.3 Å². The second-order valence-corrected chi connectivity index (χ2v) is 3.80. The number of hydrogen-bond donors (Lipinski definition) is 1. The fraction of sp³-hybridized carbons (Fsp3) is 0.250. The summed E-state index contributed by atoms with van der Waals surface area (Å²) in [5, 5.41) is 10.5. The molecule has 0 aliphatic carbocycles. The fourth-order valence-corrected chi connectivity index (χ4v) is 1.22. The van der Waals surface area contributed by atoms with Gasteiger partial charge in [0.2, 0.25) is 0 Å². The maximum atomic E-state index is 10.5. The molecule has 1 aromatic carbocycles. The average molecular weight is 233 g/mol. The van der Waals surface area contributed by atoms with Gasteiger partial charge in [0.25, 0.3) is 5.69 Å². The molecular formula is C12H15N3O2. The number of nitro benzene ring substituents is 1. The third-order valence-electron chi connectivity index (χ3n) is 2.10. The van der Waals surface area contributed by atoms with Crippen molar-refractivity contribution in [2.75, 3.05) is 0 Å². The molecule has 5 heteroatoms. The molecule has 0 bridgehead atoms. The van der Waals surface area contributed by atoms with E-state index in [1.807, 2.05) is 13.8 Å². The third kappa shape index (κ3) is 3.71. The molecule has 5 nitrogen and oxygen atoms in total. The Hall–Kier alpha value is -2.17. The van der Waals surface area contributed by atoms with Crippen LogP contribution in [0.5, 0.6) is 0 Å². The first kappa shape index (κ1) is 12.9.